The number of benzene rings is 2. The topological polar surface area (TPSA) is 21.7 Å². The second-order valence-electron chi connectivity index (χ2n) is 6.08. The fourth-order valence-electron chi connectivity index (χ4n) is 2.44. The molecule has 0 unspecified atom stereocenters. The monoisotopic (exact) mass is 361 g/mol. The highest BCUT2D eigenvalue weighted by molar-refractivity contribution is 5.61. The molecular formula is C24H27NO2. The Hall–Kier alpha value is -3.20. The Morgan fingerprint density at radius 1 is 0.704 bits per heavy atom. The second-order valence-corrected chi connectivity index (χ2v) is 6.08. The maximum atomic E-state index is 5.36. The van der Waals surface area contributed by atoms with Gasteiger partial charge < -0.3 is 14.4 Å². The molecule has 0 N–H and O–H groups in total. The summed E-state index contributed by atoms with van der Waals surface area (Å²) in [5, 5.41) is 0. The van der Waals surface area contributed by atoms with E-state index in [0.717, 1.165) is 17.1 Å². The molecule has 0 fully saturated rings. The minimum Gasteiger partial charge on any atom is -0.497 e. The van der Waals surface area contributed by atoms with Gasteiger partial charge in [0.1, 0.15) is 11.5 Å². The first-order valence-corrected chi connectivity index (χ1v) is 8.81. The van der Waals surface area contributed by atoms with Gasteiger partial charge >= 0.3 is 0 Å². The summed E-state index contributed by atoms with van der Waals surface area (Å²) in [5.74, 6) is 1.63. The van der Waals surface area contributed by atoms with Gasteiger partial charge in [-0.1, -0.05) is 60.7 Å². The molecule has 0 aliphatic heterocycles. The van der Waals surface area contributed by atoms with E-state index in [0.29, 0.717) is 0 Å². The van der Waals surface area contributed by atoms with Crippen molar-refractivity contribution < 1.29 is 9.47 Å². The standard InChI is InChI=1S/C24H27NO2/c1-25(2)22-15-13-20(14-16-22)11-9-7-5-6-8-10-12-21-19-23(26-3)17-18-24(21)27-4/h5-19H,1-4H3. The molecule has 0 aliphatic rings. The van der Waals surface area contributed by atoms with Crippen LogP contribution < -0.4 is 14.4 Å². The van der Waals surface area contributed by atoms with Crippen LogP contribution in [0.3, 0.4) is 0 Å². The van der Waals surface area contributed by atoms with E-state index in [2.05, 4.69) is 35.2 Å². The lowest BCUT2D eigenvalue weighted by atomic mass is 10.1. The predicted molar refractivity (Wildman–Crippen MR) is 117 cm³/mol. The van der Waals surface area contributed by atoms with Crippen molar-refractivity contribution in [2.75, 3.05) is 33.2 Å². The first-order valence-electron chi connectivity index (χ1n) is 8.81. The van der Waals surface area contributed by atoms with E-state index in [1.807, 2.05) is 74.8 Å². The lowest BCUT2D eigenvalue weighted by Gasteiger charge is -2.11. The van der Waals surface area contributed by atoms with Gasteiger partial charge in [-0.25, -0.2) is 0 Å². The minimum absolute atomic E-state index is 0.808. The highest BCUT2D eigenvalue weighted by Gasteiger charge is 2.00. The summed E-state index contributed by atoms with van der Waals surface area (Å²) in [6.07, 6.45) is 16.1. The summed E-state index contributed by atoms with van der Waals surface area (Å²) in [6, 6.07) is 14.2. The van der Waals surface area contributed by atoms with E-state index < -0.39 is 0 Å². The van der Waals surface area contributed by atoms with Crippen LogP contribution in [0.25, 0.3) is 12.2 Å². The van der Waals surface area contributed by atoms with Gasteiger partial charge in [-0.15, -0.1) is 0 Å². The van der Waals surface area contributed by atoms with Crippen molar-refractivity contribution in [3.63, 3.8) is 0 Å². The van der Waals surface area contributed by atoms with Gasteiger partial charge in [0, 0.05) is 25.3 Å². The van der Waals surface area contributed by atoms with E-state index in [-0.39, 0.29) is 0 Å². The van der Waals surface area contributed by atoms with Crippen LogP contribution in [0.1, 0.15) is 11.1 Å². The van der Waals surface area contributed by atoms with E-state index in [1.165, 1.54) is 11.3 Å². The lowest BCUT2D eigenvalue weighted by Crippen LogP contribution is -2.07. The van der Waals surface area contributed by atoms with Crippen molar-refractivity contribution in [2.45, 2.75) is 0 Å². The van der Waals surface area contributed by atoms with Crippen LogP contribution in [0.15, 0.2) is 78.9 Å². The molecule has 0 spiro atoms. The molecule has 0 saturated carbocycles. The van der Waals surface area contributed by atoms with Crippen LogP contribution >= 0.6 is 0 Å². The number of methoxy groups -OCH3 is 2. The molecule has 27 heavy (non-hydrogen) atoms. The summed E-state index contributed by atoms with van der Waals surface area (Å²) in [6.45, 7) is 0. The summed E-state index contributed by atoms with van der Waals surface area (Å²) >= 11 is 0. The van der Waals surface area contributed by atoms with Crippen LogP contribution in [0.5, 0.6) is 11.5 Å². The Labute approximate surface area is 162 Å². The lowest BCUT2D eigenvalue weighted by molar-refractivity contribution is 0.402. The van der Waals surface area contributed by atoms with Gasteiger partial charge in [0.05, 0.1) is 14.2 Å². The Bertz CT molecular complexity index is 828. The SMILES string of the molecule is COc1ccc(OC)c(C=CC=CC=CC=Cc2ccc(N(C)C)cc2)c1. The fraction of sp³-hybridized carbons (Fsp3) is 0.167. The normalized spacial score (nSPS) is 11.9. The Morgan fingerprint density at radius 3 is 1.93 bits per heavy atom. The van der Waals surface area contributed by atoms with Gasteiger partial charge in [-0.3, -0.25) is 0 Å². The quantitative estimate of drug-likeness (QED) is 0.571. The highest BCUT2D eigenvalue weighted by Crippen LogP contribution is 2.25. The van der Waals surface area contributed by atoms with Crippen molar-refractivity contribution in [3.05, 3.63) is 90.0 Å². The minimum atomic E-state index is 0.808. The molecule has 3 heteroatoms. The first kappa shape index (κ1) is 20.1. The molecule has 140 valence electrons. The Kier molecular flexibility index (Phi) is 7.98. The molecule has 0 radical (unpaired) electrons. The molecule has 0 heterocycles. The van der Waals surface area contributed by atoms with Crippen molar-refractivity contribution >= 4 is 17.8 Å². The van der Waals surface area contributed by atoms with Gasteiger partial charge in [-0.2, -0.15) is 0 Å². The summed E-state index contributed by atoms with van der Waals surface area (Å²) in [4.78, 5) is 2.09. The molecular weight excluding hydrogens is 334 g/mol. The zero-order valence-electron chi connectivity index (χ0n) is 16.4. The molecule has 3 nitrogen and oxygen atoms in total. The van der Waals surface area contributed by atoms with Crippen LogP contribution in [0.2, 0.25) is 0 Å². The maximum Gasteiger partial charge on any atom is 0.126 e. The van der Waals surface area contributed by atoms with E-state index in [4.69, 9.17) is 9.47 Å². The third-order valence-corrected chi connectivity index (χ3v) is 3.97. The number of rotatable bonds is 8. The van der Waals surface area contributed by atoms with Gasteiger partial charge in [0.2, 0.25) is 0 Å². The molecule has 0 aliphatic carbocycles. The molecule has 0 bridgehead atoms. The van der Waals surface area contributed by atoms with Crippen LogP contribution in [-0.2, 0) is 0 Å². The van der Waals surface area contributed by atoms with E-state index in [9.17, 15) is 0 Å². The third kappa shape index (κ3) is 6.55. The van der Waals surface area contributed by atoms with Crippen molar-refractivity contribution in [3.8, 4) is 11.5 Å². The average molecular weight is 361 g/mol. The van der Waals surface area contributed by atoms with Gasteiger partial charge in [-0.05, 0) is 35.9 Å². The van der Waals surface area contributed by atoms with Crippen LogP contribution in [-0.4, -0.2) is 28.3 Å². The van der Waals surface area contributed by atoms with Crippen molar-refractivity contribution in [1.82, 2.24) is 0 Å². The van der Waals surface area contributed by atoms with E-state index in [1.54, 1.807) is 14.2 Å². The average Bonchev–Trinajstić information content (AvgIpc) is 2.70. The molecule has 0 aromatic heterocycles. The first-order chi connectivity index (χ1) is 13.1. The summed E-state index contributed by atoms with van der Waals surface area (Å²) in [7, 11) is 7.40. The van der Waals surface area contributed by atoms with Crippen molar-refractivity contribution in [2.24, 2.45) is 0 Å². The number of allylic oxidation sites excluding steroid dienone is 6. The predicted octanol–water partition coefficient (Wildman–Crippen LogP) is 5.61. The van der Waals surface area contributed by atoms with Gasteiger partial charge in [0.15, 0.2) is 0 Å². The largest absolute Gasteiger partial charge is 0.497 e. The van der Waals surface area contributed by atoms with Gasteiger partial charge in [0.25, 0.3) is 0 Å². The molecule has 0 amide bonds. The number of hydrogen-bond donors (Lipinski definition) is 0. The number of ether oxygens (including phenoxy) is 2. The summed E-state index contributed by atoms with van der Waals surface area (Å²) < 4.78 is 10.6. The van der Waals surface area contributed by atoms with E-state index >= 15 is 0 Å². The number of nitrogens with zero attached hydrogens (tertiary/aromatic N) is 1. The maximum absolute atomic E-state index is 5.36. The number of anilines is 1. The highest BCUT2D eigenvalue weighted by atomic mass is 16.5. The molecule has 2 aromatic carbocycles. The summed E-state index contributed by atoms with van der Waals surface area (Å²) in [5.41, 5.74) is 3.36. The number of hydrogen-bond acceptors (Lipinski definition) is 3. The molecule has 2 aromatic rings. The molecule has 0 saturated heterocycles. The molecule has 0 atom stereocenters. The Balaban J connectivity index is 1.89. The zero-order chi connectivity index (χ0) is 19.5. The smallest absolute Gasteiger partial charge is 0.126 e. The molecule has 2 rings (SSSR count). The third-order valence-electron chi connectivity index (χ3n) is 3.97. The zero-order valence-corrected chi connectivity index (χ0v) is 16.4. The van der Waals surface area contributed by atoms with Crippen LogP contribution in [0.4, 0.5) is 5.69 Å². The Morgan fingerprint density at radius 2 is 1.33 bits per heavy atom. The second kappa shape index (κ2) is 10.7. The fourth-order valence-corrected chi connectivity index (χ4v) is 2.44. The van der Waals surface area contributed by atoms with Crippen LogP contribution in [0, 0.1) is 0 Å². The van der Waals surface area contributed by atoms with Crippen molar-refractivity contribution in [1.29, 1.82) is 0 Å².